The standard InChI is InChI=1S/C11H18N2O3/c1-11(2,3)16-10(15)13-6-9(7-13)4-5-12-8-14/h9H,4-7H2,1-3H3. The third kappa shape index (κ3) is 4.03. The molecule has 0 N–H and O–H groups in total. The molecule has 0 unspecified atom stereocenters. The Kier molecular flexibility index (Phi) is 4.07. The first-order valence-electron chi connectivity index (χ1n) is 5.44. The molecule has 1 heterocycles. The van der Waals surface area contributed by atoms with Gasteiger partial charge in [-0.15, -0.1) is 0 Å². The lowest BCUT2D eigenvalue weighted by Gasteiger charge is -2.39. The summed E-state index contributed by atoms with van der Waals surface area (Å²) in [7, 11) is 0. The Bertz CT molecular complexity index is 297. The summed E-state index contributed by atoms with van der Waals surface area (Å²) < 4.78 is 5.22. The van der Waals surface area contributed by atoms with E-state index in [1.54, 1.807) is 4.90 Å². The second-order valence-electron chi connectivity index (χ2n) is 5.01. The molecule has 1 rings (SSSR count). The summed E-state index contributed by atoms with van der Waals surface area (Å²) in [6.45, 7) is 7.44. The van der Waals surface area contributed by atoms with Gasteiger partial charge < -0.3 is 9.64 Å². The molecule has 0 aromatic rings. The summed E-state index contributed by atoms with van der Waals surface area (Å²) in [6.07, 6.45) is 2.07. The van der Waals surface area contributed by atoms with Gasteiger partial charge in [0.05, 0.1) is 6.54 Å². The molecule has 5 nitrogen and oxygen atoms in total. The third-order valence-electron chi connectivity index (χ3n) is 2.32. The van der Waals surface area contributed by atoms with E-state index in [2.05, 4.69) is 4.99 Å². The highest BCUT2D eigenvalue weighted by Gasteiger charge is 2.33. The van der Waals surface area contributed by atoms with Crippen LogP contribution in [0.5, 0.6) is 0 Å². The molecular formula is C11H18N2O3. The first-order chi connectivity index (χ1) is 7.42. The maximum absolute atomic E-state index is 11.5. The lowest BCUT2D eigenvalue weighted by molar-refractivity contribution is -0.00173. The fraction of sp³-hybridized carbons (Fsp3) is 0.818. The number of rotatable bonds is 3. The molecule has 0 radical (unpaired) electrons. The average molecular weight is 226 g/mol. The van der Waals surface area contributed by atoms with Gasteiger partial charge in [-0.2, -0.15) is 0 Å². The predicted octanol–water partition coefficient (Wildman–Crippen LogP) is 1.58. The number of carbonyl (C=O) groups excluding carboxylic acids is 2. The minimum absolute atomic E-state index is 0.261. The molecule has 1 fully saturated rings. The number of nitrogens with zero attached hydrogens (tertiary/aromatic N) is 2. The Morgan fingerprint density at radius 1 is 1.50 bits per heavy atom. The number of hydrogen-bond acceptors (Lipinski definition) is 4. The van der Waals surface area contributed by atoms with E-state index in [9.17, 15) is 9.59 Å². The van der Waals surface area contributed by atoms with Crippen molar-refractivity contribution in [2.45, 2.75) is 32.8 Å². The van der Waals surface area contributed by atoms with Crippen molar-refractivity contribution < 1.29 is 14.3 Å². The van der Waals surface area contributed by atoms with Gasteiger partial charge in [-0.05, 0) is 33.1 Å². The van der Waals surface area contributed by atoms with E-state index < -0.39 is 5.60 Å². The van der Waals surface area contributed by atoms with Crippen molar-refractivity contribution in [2.24, 2.45) is 10.9 Å². The number of aliphatic imine (C=N–C) groups is 1. The van der Waals surface area contributed by atoms with Crippen LogP contribution in [0.3, 0.4) is 0 Å². The first-order valence-corrected chi connectivity index (χ1v) is 5.44. The summed E-state index contributed by atoms with van der Waals surface area (Å²) in [5, 5.41) is 0. The van der Waals surface area contributed by atoms with Crippen LogP contribution in [0, 0.1) is 5.92 Å². The van der Waals surface area contributed by atoms with E-state index in [1.807, 2.05) is 20.8 Å². The molecule has 0 bridgehead atoms. The summed E-state index contributed by atoms with van der Waals surface area (Å²) in [5.41, 5.74) is -0.440. The van der Waals surface area contributed by atoms with Gasteiger partial charge >= 0.3 is 6.09 Å². The molecule has 5 heteroatoms. The Hall–Kier alpha value is -1.35. The minimum atomic E-state index is -0.440. The highest BCUT2D eigenvalue weighted by atomic mass is 16.6. The van der Waals surface area contributed by atoms with Crippen molar-refractivity contribution in [3.8, 4) is 0 Å². The Balaban J connectivity index is 2.20. The van der Waals surface area contributed by atoms with Gasteiger partial charge in [-0.25, -0.2) is 14.6 Å². The first kappa shape index (κ1) is 12.7. The van der Waals surface area contributed by atoms with Gasteiger partial charge in [-0.3, -0.25) is 0 Å². The van der Waals surface area contributed by atoms with E-state index in [-0.39, 0.29) is 6.09 Å². The second-order valence-corrected chi connectivity index (χ2v) is 5.01. The van der Waals surface area contributed by atoms with E-state index in [0.717, 1.165) is 6.42 Å². The molecule has 0 aliphatic carbocycles. The molecule has 16 heavy (non-hydrogen) atoms. The van der Waals surface area contributed by atoms with Crippen molar-refractivity contribution in [3.63, 3.8) is 0 Å². The third-order valence-corrected chi connectivity index (χ3v) is 2.32. The fourth-order valence-corrected chi connectivity index (χ4v) is 1.52. The normalized spacial score (nSPS) is 16.3. The zero-order valence-corrected chi connectivity index (χ0v) is 10.0. The number of likely N-dealkylation sites (tertiary alicyclic amines) is 1. The molecule has 1 aliphatic heterocycles. The number of amides is 1. The van der Waals surface area contributed by atoms with Crippen molar-refractivity contribution in [1.29, 1.82) is 0 Å². The molecule has 1 amide bonds. The molecule has 1 aliphatic rings. The highest BCUT2D eigenvalue weighted by molar-refractivity contribution is 5.69. The molecule has 1 saturated heterocycles. The summed E-state index contributed by atoms with van der Waals surface area (Å²) >= 11 is 0. The number of isocyanates is 1. The fourth-order valence-electron chi connectivity index (χ4n) is 1.52. The lowest BCUT2D eigenvalue weighted by atomic mass is 9.97. The van der Waals surface area contributed by atoms with Gasteiger partial charge in [-0.1, -0.05) is 0 Å². The minimum Gasteiger partial charge on any atom is -0.444 e. The summed E-state index contributed by atoms with van der Waals surface area (Å²) in [6, 6.07) is 0. The lowest BCUT2D eigenvalue weighted by Crippen LogP contribution is -2.51. The van der Waals surface area contributed by atoms with E-state index in [0.29, 0.717) is 25.6 Å². The van der Waals surface area contributed by atoms with Crippen LogP contribution in [0.15, 0.2) is 4.99 Å². The van der Waals surface area contributed by atoms with Crippen LogP contribution in [0.1, 0.15) is 27.2 Å². The maximum Gasteiger partial charge on any atom is 0.410 e. The topological polar surface area (TPSA) is 59.0 Å². The average Bonchev–Trinajstić information content (AvgIpc) is 2.05. The Labute approximate surface area is 95.5 Å². The van der Waals surface area contributed by atoms with Gasteiger partial charge in [0.2, 0.25) is 6.08 Å². The Morgan fingerprint density at radius 3 is 2.62 bits per heavy atom. The van der Waals surface area contributed by atoms with Crippen molar-refractivity contribution in [2.75, 3.05) is 19.6 Å². The second kappa shape index (κ2) is 5.12. The summed E-state index contributed by atoms with van der Waals surface area (Å²) in [5.74, 6) is 0.435. The maximum atomic E-state index is 11.5. The van der Waals surface area contributed by atoms with Crippen LogP contribution in [0.4, 0.5) is 4.79 Å². The Morgan fingerprint density at radius 2 is 2.12 bits per heavy atom. The molecule has 0 aromatic heterocycles. The molecule has 0 saturated carbocycles. The van der Waals surface area contributed by atoms with Crippen molar-refractivity contribution in [1.82, 2.24) is 4.90 Å². The zero-order valence-electron chi connectivity index (χ0n) is 10.0. The number of carbonyl (C=O) groups is 1. The van der Waals surface area contributed by atoms with Crippen LogP contribution in [0.2, 0.25) is 0 Å². The van der Waals surface area contributed by atoms with Crippen LogP contribution >= 0.6 is 0 Å². The van der Waals surface area contributed by atoms with Gasteiger partial charge in [0.1, 0.15) is 5.60 Å². The van der Waals surface area contributed by atoms with Crippen molar-refractivity contribution in [3.05, 3.63) is 0 Å². The van der Waals surface area contributed by atoms with Crippen LogP contribution in [-0.2, 0) is 9.53 Å². The van der Waals surface area contributed by atoms with E-state index >= 15 is 0 Å². The smallest absolute Gasteiger partial charge is 0.410 e. The van der Waals surface area contributed by atoms with Crippen molar-refractivity contribution >= 4 is 12.2 Å². The molecule has 0 atom stereocenters. The molecule has 0 aromatic carbocycles. The van der Waals surface area contributed by atoms with Gasteiger partial charge in [0.25, 0.3) is 0 Å². The van der Waals surface area contributed by atoms with E-state index in [4.69, 9.17) is 4.74 Å². The van der Waals surface area contributed by atoms with Crippen LogP contribution in [-0.4, -0.2) is 42.3 Å². The molecule has 0 spiro atoms. The number of hydrogen-bond donors (Lipinski definition) is 0. The quantitative estimate of drug-likeness (QED) is 0.542. The van der Waals surface area contributed by atoms with Crippen LogP contribution in [0.25, 0.3) is 0 Å². The van der Waals surface area contributed by atoms with Gasteiger partial charge in [0.15, 0.2) is 0 Å². The monoisotopic (exact) mass is 226 g/mol. The van der Waals surface area contributed by atoms with E-state index in [1.165, 1.54) is 6.08 Å². The number of ether oxygens (including phenoxy) is 1. The van der Waals surface area contributed by atoms with Crippen LogP contribution < -0.4 is 0 Å². The SMILES string of the molecule is CC(C)(C)OC(=O)N1CC(CCN=C=O)C1. The highest BCUT2D eigenvalue weighted by Crippen LogP contribution is 2.21. The largest absolute Gasteiger partial charge is 0.444 e. The van der Waals surface area contributed by atoms with Gasteiger partial charge in [0, 0.05) is 13.1 Å². The molecular weight excluding hydrogens is 208 g/mol. The predicted molar refractivity (Wildman–Crippen MR) is 58.9 cm³/mol. The zero-order chi connectivity index (χ0) is 12.2. The molecule has 90 valence electrons. The summed E-state index contributed by atoms with van der Waals surface area (Å²) in [4.78, 5) is 26.5.